The van der Waals surface area contributed by atoms with Crippen LogP contribution in [-0.2, 0) is 0 Å². The van der Waals surface area contributed by atoms with Gasteiger partial charge in [0.2, 0.25) is 0 Å². The number of fused-ring (bicyclic) bond motifs is 4. The summed E-state index contributed by atoms with van der Waals surface area (Å²) in [7, 11) is 30.0. The number of benzene rings is 4. The molecule has 44 heavy (non-hydrogen) atoms. The fourth-order valence-electron chi connectivity index (χ4n) is 3.15. The Kier molecular flexibility index (Phi) is 16.2. The molecule has 8 rings (SSSR count). The molecule has 0 aliphatic carbocycles. The van der Waals surface area contributed by atoms with Gasteiger partial charge in [-0.25, -0.2) is 0 Å². The molecule has 0 aliphatic rings. The predicted molar refractivity (Wildman–Crippen MR) is 182 cm³/mol. The third-order valence-electron chi connectivity index (χ3n) is 4.93. The van der Waals surface area contributed by atoms with Crippen LogP contribution in [0.3, 0.4) is 0 Å². The molecule has 0 aliphatic heterocycles. The van der Waals surface area contributed by atoms with Crippen molar-refractivity contribution in [3.8, 4) is 0 Å². The molecule has 0 radical (unpaired) electrons. The van der Waals surface area contributed by atoms with Crippen LogP contribution in [0.4, 0.5) is 0 Å². The molecule has 4 aromatic heterocycles. The first-order valence-electron chi connectivity index (χ1n) is 12.2. The summed E-state index contributed by atoms with van der Waals surface area (Å²) < 4.78 is 0. The van der Waals surface area contributed by atoms with Crippen LogP contribution in [0.2, 0.25) is 0 Å². The minimum absolute atomic E-state index is 0.743. The summed E-state index contributed by atoms with van der Waals surface area (Å²) in [5.74, 6) is 0. The third-order valence-corrected chi connectivity index (χ3v) is 4.93. The Morgan fingerprint density at radius 3 is 0.773 bits per heavy atom. The van der Waals surface area contributed by atoms with Crippen LogP contribution in [0.1, 0.15) is 0 Å². The number of hydrogen-bond acceptors (Lipinski definition) is 8. The van der Waals surface area contributed by atoms with Crippen molar-refractivity contribution in [1.29, 1.82) is 0 Å². The second-order valence-corrected chi connectivity index (χ2v) is 34.3. The fourth-order valence-corrected chi connectivity index (χ4v) is 3.15. The van der Waals surface area contributed by atoms with Crippen LogP contribution in [0, 0.1) is 0 Å². The predicted octanol–water partition coefficient (Wildman–Crippen LogP) is 7.21. The van der Waals surface area contributed by atoms with Gasteiger partial charge in [0.05, 0.1) is 22.1 Å². The summed E-state index contributed by atoms with van der Waals surface area (Å²) in [6.07, 6.45) is 0. The quantitative estimate of drug-likeness (QED) is 0.117. The van der Waals surface area contributed by atoms with E-state index in [0.717, 1.165) is 44.1 Å². The standard InChI is InChI=1S/4C6H5N3.6ClH.2Ga/c4*1-2-4-6-5(3-1)7-9-8-6;;;;;;;;/h4*1-4H,(H,7,8,9);6*1H;;/q;;;;;;;;;;2*+3/p-6. The first kappa shape index (κ1) is 36.0. The second-order valence-electron chi connectivity index (χ2n) is 7.89. The van der Waals surface area contributed by atoms with E-state index in [1.165, 1.54) is 0 Å². The molecular formula is C24H20Cl6Ga2N12. The molecule has 4 heterocycles. The molecule has 0 fully saturated rings. The van der Waals surface area contributed by atoms with Gasteiger partial charge in [-0.3, -0.25) is 20.4 Å². The Morgan fingerprint density at radius 2 is 0.591 bits per heavy atom. The summed E-state index contributed by atoms with van der Waals surface area (Å²) >= 11 is -3.98. The fraction of sp³-hybridized carbons (Fsp3) is 0. The molecule has 4 N–H and O–H groups in total. The first-order chi connectivity index (χ1) is 21.3. The van der Waals surface area contributed by atoms with Gasteiger partial charge in [-0.15, -0.1) is 20.4 Å². The number of nitrogens with zero attached hydrogens (tertiary/aromatic N) is 8. The largest absolute Gasteiger partial charge is 0.258 e. The smallest absolute Gasteiger partial charge is 0.112 e. The molecule has 0 amide bonds. The number of hydrogen-bond donors (Lipinski definition) is 4. The molecular weight excluding hydrogens is 809 g/mol. The molecule has 12 nitrogen and oxygen atoms in total. The Bertz CT molecular complexity index is 1530. The van der Waals surface area contributed by atoms with Crippen molar-refractivity contribution in [1.82, 2.24) is 61.6 Å². The van der Waals surface area contributed by atoms with Gasteiger partial charge in [-0.2, -0.15) is 0 Å². The molecule has 0 saturated heterocycles. The summed E-state index contributed by atoms with van der Waals surface area (Å²) in [5, 5.41) is 40.8. The third kappa shape index (κ3) is 13.6. The van der Waals surface area contributed by atoms with E-state index in [1.807, 2.05) is 97.1 Å². The van der Waals surface area contributed by atoms with Gasteiger partial charge in [-0.05, 0) is 48.5 Å². The van der Waals surface area contributed by atoms with E-state index in [1.54, 1.807) is 0 Å². The van der Waals surface area contributed by atoms with E-state index < -0.39 is 26.4 Å². The van der Waals surface area contributed by atoms with Crippen LogP contribution in [-0.4, -0.2) is 88.1 Å². The van der Waals surface area contributed by atoms with Crippen molar-refractivity contribution in [3.63, 3.8) is 0 Å². The summed E-state index contributed by atoms with van der Waals surface area (Å²) in [4.78, 5) is 0. The maximum atomic E-state index is 5.03. The van der Waals surface area contributed by atoms with E-state index in [2.05, 4.69) is 61.6 Å². The van der Waals surface area contributed by atoms with Gasteiger partial charge >= 0.3 is 84.3 Å². The number of H-pyrrole nitrogens is 4. The molecule has 0 saturated carbocycles. The summed E-state index contributed by atoms with van der Waals surface area (Å²) in [6.45, 7) is 0. The van der Waals surface area contributed by atoms with Crippen LogP contribution in [0.25, 0.3) is 44.1 Å². The van der Waals surface area contributed by atoms with Crippen LogP contribution < -0.4 is 0 Å². The molecule has 0 bridgehead atoms. The average Bonchev–Trinajstić information content (AvgIpc) is 3.84. The van der Waals surface area contributed by atoms with Crippen LogP contribution in [0.5, 0.6) is 0 Å². The average molecular weight is 829 g/mol. The SMILES string of the molecule is [Cl][Ga+][Cl].[Cl][Ga-]([Cl])([Cl])[Cl].c1ccc2[nH]nnc2c1.c1ccc2[nH]nnc2c1.c1ccc2[nH]nnc2c1.c1ccc2[nH]nnc2c1. The van der Waals surface area contributed by atoms with Gasteiger partial charge in [0.25, 0.3) is 0 Å². The van der Waals surface area contributed by atoms with E-state index in [4.69, 9.17) is 57.8 Å². The zero-order chi connectivity index (χ0) is 31.6. The van der Waals surface area contributed by atoms with Crippen molar-refractivity contribution in [2.75, 3.05) is 0 Å². The number of aromatic amines is 4. The zero-order valence-electron chi connectivity index (χ0n) is 22.2. The van der Waals surface area contributed by atoms with Gasteiger partial charge in [-0.1, -0.05) is 69.4 Å². The Balaban J connectivity index is 0.000000149. The Labute approximate surface area is 284 Å². The molecule has 0 unspecified atom stereocenters. The van der Waals surface area contributed by atoms with Crippen molar-refractivity contribution >= 4 is 128 Å². The van der Waals surface area contributed by atoms with Crippen molar-refractivity contribution in [2.45, 2.75) is 0 Å². The van der Waals surface area contributed by atoms with E-state index in [-0.39, 0.29) is 0 Å². The normalized spacial score (nSPS) is 9.95. The van der Waals surface area contributed by atoms with E-state index in [9.17, 15) is 0 Å². The summed E-state index contributed by atoms with van der Waals surface area (Å²) in [6, 6.07) is 30.9. The van der Waals surface area contributed by atoms with Gasteiger partial charge < -0.3 is 0 Å². The van der Waals surface area contributed by atoms with Gasteiger partial charge in [0, 0.05) is 0 Å². The topological polar surface area (TPSA) is 166 Å². The number of nitrogens with one attached hydrogen (secondary N) is 4. The van der Waals surface area contributed by atoms with Gasteiger partial charge in [0.15, 0.2) is 0 Å². The second kappa shape index (κ2) is 19.8. The molecule has 8 aromatic rings. The molecule has 20 heteroatoms. The number of rotatable bonds is 0. The molecule has 0 spiro atoms. The van der Waals surface area contributed by atoms with Crippen molar-refractivity contribution in [2.24, 2.45) is 0 Å². The van der Waals surface area contributed by atoms with Crippen molar-refractivity contribution in [3.05, 3.63) is 97.1 Å². The number of aromatic nitrogens is 12. The Hall–Kier alpha value is -2.51. The maximum Gasteiger partial charge on any atom is 0.112 e. The van der Waals surface area contributed by atoms with E-state index >= 15 is 0 Å². The van der Waals surface area contributed by atoms with Gasteiger partial charge in [0.1, 0.15) is 22.1 Å². The Morgan fingerprint density at radius 1 is 0.409 bits per heavy atom. The molecule has 0 atom stereocenters. The molecule has 4 aromatic carbocycles. The first-order valence-corrected chi connectivity index (χ1v) is 31.3. The minimum Gasteiger partial charge on any atom is -0.258 e. The zero-order valence-corrected chi connectivity index (χ0v) is 31.6. The summed E-state index contributed by atoms with van der Waals surface area (Å²) in [5.41, 5.74) is 7.59. The maximum absolute atomic E-state index is 5.03. The molecule has 224 valence electrons. The number of para-hydroxylation sites is 4. The van der Waals surface area contributed by atoms with E-state index in [0.29, 0.717) is 0 Å². The minimum atomic E-state index is -3.24. The monoisotopic (exact) mass is 824 g/mol. The van der Waals surface area contributed by atoms with Crippen molar-refractivity contribution < 1.29 is 0 Å². The number of halogens is 6. The van der Waals surface area contributed by atoms with Crippen LogP contribution >= 0.6 is 57.8 Å². The van der Waals surface area contributed by atoms with Crippen LogP contribution in [0.15, 0.2) is 97.1 Å².